The van der Waals surface area contributed by atoms with E-state index < -0.39 is 10.8 Å². The van der Waals surface area contributed by atoms with Crippen LogP contribution in [0.5, 0.6) is 0 Å². The Morgan fingerprint density at radius 3 is 2.69 bits per heavy atom. The maximum absolute atomic E-state index is 11.0. The van der Waals surface area contributed by atoms with Crippen molar-refractivity contribution >= 4 is 22.3 Å². The van der Waals surface area contributed by atoms with Gasteiger partial charge in [-0.05, 0) is 20.8 Å². The molecule has 0 aliphatic heterocycles. The SMILES string of the molecule is Cc1nn(C(C)C)c(NCCS(C)=O)c1N. The Hall–Kier alpha value is -1.04. The monoisotopic (exact) mass is 244 g/mol. The number of rotatable bonds is 5. The van der Waals surface area contributed by atoms with Crippen LogP contribution in [0, 0.1) is 6.92 Å². The fourth-order valence-corrected chi connectivity index (χ4v) is 1.81. The molecule has 0 bridgehead atoms. The third-order valence-corrected chi connectivity index (χ3v) is 3.08. The number of anilines is 2. The van der Waals surface area contributed by atoms with Gasteiger partial charge in [0, 0.05) is 35.4 Å². The van der Waals surface area contributed by atoms with E-state index in [9.17, 15) is 4.21 Å². The van der Waals surface area contributed by atoms with Gasteiger partial charge in [-0.3, -0.25) is 4.21 Å². The Balaban J connectivity index is 2.80. The van der Waals surface area contributed by atoms with Crippen LogP contribution in [0.4, 0.5) is 11.5 Å². The summed E-state index contributed by atoms with van der Waals surface area (Å²) in [7, 11) is -0.789. The van der Waals surface area contributed by atoms with Crippen LogP contribution in [0.25, 0.3) is 0 Å². The lowest BCUT2D eigenvalue weighted by molar-refractivity contribution is 0.534. The van der Waals surface area contributed by atoms with Crippen molar-refractivity contribution in [2.75, 3.05) is 29.6 Å². The van der Waals surface area contributed by atoms with Gasteiger partial charge in [-0.1, -0.05) is 0 Å². The van der Waals surface area contributed by atoms with Gasteiger partial charge in [0.05, 0.1) is 11.4 Å². The Labute approximate surface area is 98.9 Å². The van der Waals surface area contributed by atoms with Crippen molar-refractivity contribution in [2.24, 2.45) is 0 Å². The minimum atomic E-state index is -0.789. The Morgan fingerprint density at radius 2 is 2.19 bits per heavy atom. The largest absolute Gasteiger partial charge is 0.394 e. The minimum absolute atomic E-state index is 0.255. The summed E-state index contributed by atoms with van der Waals surface area (Å²) in [5.41, 5.74) is 7.44. The molecule has 1 unspecified atom stereocenters. The maximum atomic E-state index is 11.0. The van der Waals surface area contributed by atoms with Crippen molar-refractivity contribution in [1.29, 1.82) is 0 Å². The van der Waals surface area contributed by atoms with E-state index >= 15 is 0 Å². The van der Waals surface area contributed by atoms with Crippen molar-refractivity contribution in [3.05, 3.63) is 5.69 Å². The van der Waals surface area contributed by atoms with Crippen LogP contribution >= 0.6 is 0 Å². The third kappa shape index (κ3) is 2.98. The highest BCUT2D eigenvalue weighted by Gasteiger charge is 2.13. The Morgan fingerprint density at radius 1 is 1.56 bits per heavy atom. The molecule has 1 atom stereocenters. The van der Waals surface area contributed by atoms with Crippen molar-refractivity contribution in [2.45, 2.75) is 26.8 Å². The first-order valence-electron chi connectivity index (χ1n) is 5.32. The Bertz CT molecular complexity index is 386. The summed E-state index contributed by atoms with van der Waals surface area (Å²) < 4.78 is 12.8. The second-order valence-corrected chi connectivity index (χ2v) is 5.64. The number of nitrogens with two attached hydrogens (primary N) is 1. The van der Waals surface area contributed by atoms with Gasteiger partial charge in [0.25, 0.3) is 0 Å². The van der Waals surface area contributed by atoms with Crippen molar-refractivity contribution in [3.8, 4) is 0 Å². The highest BCUT2D eigenvalue weighted by molar-refractivity contribution is 7.84. The average Bonchev–Trinajstić information content (AvgIpc) is 2.45. The van der Waals surface area contributed by atoms with Gasteiger partial charge in [0.1, 0.15) is 5.82 Å². The fourth-order valence-electron chi connectivity index (χ4n) is 1.42. The molecule has 1 aromatic heterocycles. The summed E-state index contributed by atoms with van der Waals surface area (Å²) in [5.74, 6) is 1.44. The van der Waals surface area contributed by atoms with Gasteiger partial charge >= 0.3 is 0 Å². The van der Waals surface area contributed by atoms with Crippen molar-refractivity contribution < 1.29 is 4.21 Å². The molecule has 0 aliphatic carbocycles. The van der Waals surface area contributed by atoms with Crippen molar-refractivity contribution in [1.82, 2.24) is 9.78 Å². The van der Waals surface area contributed by atoms with Gasteiger partial charge in [-0.2, -0.15) is 5.10 Å². The summed E-state index contributed by atoms with van der Waals surface area (Å²) in [5, 5.41) is 7.56. The van der Waals surface area contributed by atoms with Crippen LogP contribution < -0.4 is 11.1 Å². The molecule has 92 valence electrons. The number of nitrogens with one attached hydrogen (secondary N) is 1. The molecule has 0 aliphatic rings. The molecule has 6 heteroatoms. The van der Waals surface area contributed by atoms with Crippen LogP contribution in [0.3, 0.4) is 0 Å². The molecule has 0 fully saturated rings. The van der Waals surface area contributed by atoms with E-state index in [4.69, 9.17) is 5.73 Å². The maximum Gasteiger partial charge on any atom is 0.148 e. The number of hydrogen-bond donors (Lipinski definition) is 2. The summed E-state index contributed by atoms with van der Waals surface area (Å²) >= 11 is 0. The normalized spacial score (nSPS) is 13.1. The van der Waals surface area contributed by atoms with E-state index in [1.807, 2.05) is 11.6 Å². The second-order valence-electron chi connectivity index (χ2n) is 4.09. The molecular weight excluding hydrogens is 224 g/mol. The first-order valence-corrected chi connectivity index (χ1v) is 7.04. The van der Waals surface area contributed by atoms with E-state index in [2.05, 4.69) is 24.3 Å². The van der Waals surface area contributed by atoms with E-state index in [0.29, 0.717) is 18.0 Å². The Kier molecular flexibility index (Phi) is 4.35. The first kappa shape index (κ1) is 13.0. The van der Waals surface area contributed by atoms with E-state index in [1.165, 1.54) is 0 Å². The predicted molar refractivity (Wildman–Crippen MR) is 69.2 cm³/mol. The smallest absolute Gasteiger partial charge is 0.148 e. The molecule has 0 aromatic carbocycles. The molecule has 0 saturated carbocycles. The quantitative estimate of drug-likeness (QED) is 0.815. The molecule has 0 amide bonds. The molecule has 1 heterocycles. The van der Waals surface area contributed by atoms with Crippen LogP contribution in [-0.4, -0.2) is 32.5 Å². The molecule has 0 spiro atoms. The number of hydrogen-bond acceptors (Lipinski definition) is 4. The van der Waals surface area contributed by atoms with Crippen LogP contribution in [0.2, 0.25) is 0 Å². The number of aryl methyl sites for hydroxylation is 1. The zero-order valence-electron chi connectivity index (χ0n) is 10.3. The highest BCUT2D eigenvalue weighted by atomic mass is 32.2. The van der Waals surface area contributed by atoms with Crippen LogP contribution in [0.15, 0.2) is 0 Å². The summed E-state index contributed by atoms with van der Waals surface area (Å²) in [6.07, 6.45) is 1.69. The van der Waals surface area contributed by atoms with Crippen molar-refractivity contribution in [3.63, 3.8) is 0 Å². The first-order chi connectivity index (χ1) is 7.43. The predicted octanol–water partition coefficient (Wildman–Crippen LogP) is 1.15. The lowest BCUT2D eigenvalue weighted by Crippen LogP contribution is -2.15. The lowest BCUT2D eigenvalue weighted by Gasteiger charge is -2.12. The molecule has 0 saturated heterocycles. The minimum Gasteiger partial charge on any atom is -0.394 e. The topological polar surface area (TPSA) is 72.9 Å². The molecule has 5 nitrogen and oxygen atoms in total. The standard InChI is InChI=1S/C10H20N4OS/c1-7(2)14-10(9(11)8(3)13-14)12-5-6-16(4)15/h7,12H,5-6,11H2,1-4H3. The van der Waals surface area contributed by atoms with Gasteiger partial charge in [-0.15, -0.1) is 0 Å². The zero-order valence-corrected chi connectivity index (χ0v) is 11.1. The molecular formula is C10H20N4OS. The summed E-state index contributed by atoms with van der Waals surface area (Å²) in [4.78, 5) is 0. The fraction of sp³-hybridized carbons (Fsp3) is 0.700. The lowest BCUT2D eigenvalue weighted by atomic mass is 10.3. The van der Waals surface area contributed by atoms with E-state index in [-0.39, 0.29) is 6.04 Å². The third-order valence-electron chi connectivity index (χ3n) is 2.30. The molecule has 3 N–H and O–H groups in total. The molecule has 1 rings (SSSR count). The number of nitrogen functional groups attached to an aromatic ring is 1. The van der Waals surface area contributed by atoms with Gasteiger partial charge in [-0.25, -0.2) is 4.68 Å². The van der Waals surface area contributed by atoms with Gasteiger partial charge in [0.15, 0.2) is 0 Å². The highest BCUT2D eigenvalue weighted by Crippen LogP contribution is 2.25. The molecule has 1 aromatic rings. The number of nitrogens with zero attached hydrogens (tertiary/aromatic N) is 2. The second kappa shape index (κ2) is 5.34. The summed E-state index contributed by atoms with van der Waals surface area (Å²) in [6, 6.07) is 0.255. The van der Waals surface area contributed by atoms with Crippen LogP contribution in [-0.2, 0) is 10.8 Å². The van der Waals surface area contributed by atoms with Gasteiger partial charge in [0.2, 0.25) is 0 Å². The number of aromatic nitrogens is 2. The molecule has 16 heavy (non-hydrogen) atoms. The van der Waals surface area contributed by atoms with Gasteiger partial charge < -0.3 is 11.1 Å². The van der Waals surface area contributed by atoms with E-state index in [1.54, 1.807) is 6.26 Å². The zero-order chi connectivity index (χ0) is 12.3. The van der Waals surface area contributed by atoms with Crippen LogP contribution in [0.1, 0.15) is 25.6 Å². The molecule has 0 radical (unpaired) electrons. The van der Waals surface area contributed by atoms with E-state index in [0.717, 1.165) is 11.5 Å². The summed E-state index contributed by atoms with van der Waals surface area (Å²) in [6.45, 7) is 6.63. The average molecular weight is 244 g/mol.